The fourth-order valence-corrected chi connectivity index (χ4v) is 6.03. The lowest BCUT2D eigenvalue weighted by molar-refractivity contribution is -0.133. The second kappa shape index (κ2) is 8.37. The van der Waals surface area contributed by atoms with E-state index < -0.39 is 28.2 Å². The highest BCUT2D eigenvalue weighted by atomic mass is 35.5. The number of carboxylic acids is 1. The maximum atomic E-state index is 11.7. The Hall–Kier alpha value is -0.810. The van der Waals surface area contributed by atoms with Crippen molar-refractivity contribution in [3.8, 4) is 11.5 Å². The Labute approximate surface area is 190 Å². The molecular weight excluding hydrogens is 458 g/mol. The van der Waals surface area contributed by atoms with E-state index in [4.69, 9.17) is 51.1 Å². The van der Waals surface area contributed by atoms with Crippen LogP contribution < -0.4 is 4.74 Å². The minimum absolute atomic E-state index is 0.00441. The van der Waals surface area contributed by atoms with Gasteiger partial charge in [0.15, 0.2) is 0 Å². The second-order valence-electron chi connectivity index (χ2n) is 8.19. The van der Waals surface area contributed by atoms with Crippen LogP contribution in [0.2, 0.25) is 10.0 Å². The molecule has 29 heavy (non-hydrogen) atoms. The summed E-state index contributed by atoms with van der Waals surface area (Å²) < 4.78 is 6.25. The molecule has 0 saturated heterocycles. The van der Waals surface area contributed by atoms with E-state index in [0.717, 1.165) is 19.3 Å². The van der Waals surface area contributed by atoms with E-state index in [1.165, 1.54) is 0 Å². The molecule has 2 aliphatic rings. The number of unbranched alkanes of at least 4 members (excludes halogenated alkanes) is 2. The number of phenols is 1. The molecule has 4 nitrogen and oxygen atoms in total. The molecule has 1 aliphatic carbocycles. The van der Waals surface area contributed by atoms with Gasteiger partial charge in [-0.05, 0) is 32.3 Å². The Bertz CT molecular complexity index is 865. The number of hydrogen-bond donors (Lipinski definition) is 2. The summed E-state index contributed by atoms with van der Waals surface area (Å²) in [5.74, 6) is -1.87. The highest BCUT2D eigenvalue weighted by molar-refractivity contribution is 6.38. The predicted octanol–water partition coefficient (Wildman–Crippen LogP) is 6.54. The fraction of sp³-hybridized carbons (Fsp3) is 0.571. The number of carboxylic acid groups (broad SMARTS) is 1. The van der Waals surface area contributed by atoms with E-state index in [9.17, 15) is 15.0 Å². The molecule has 0 bridgehead atoms. The summed E-state index contributed by atoms with van der Waals surface area (Å²) in [7, 11) is 0. The molecule has 0 radical (unpaired) electrons. The maximum Gasteiger partial charge on any atom is 0.332 e. The van der Waals surface area contributed by atoms with Crippen LogP contribution in [-0.2, 0) is 11.2 Å². The third-order valence-electron chi connectivity index (χ3n) is 5.88. The fourth-order valence-electron chi connectivity index (χ4n) is 4.44. The van der Waals surface area contributed by atoms with Crippen molar-refractivity contribution in [1.82, 2.24) is 0 Å². The van der Waals surface area contributed by atoms with Gasteiger partial charge in [-0.3, -0.25) is 0 Å². The summed E-state index contributed by atoms with van der Waals surface area (Å²) in [6.07, 6.45) is 5.10. The summed E-state index contributed by atoms with van der Waals surface area (Å²) in [6.45, 7) is 5.83. The Morgan fingerprint density at radius 2 is 1.86 bits per heavy atom. The molecule has 3 rings (SSSR count). The monoisotopic (exact) mass is 480 g/mol. The second-order valence-corrected chi connectivity index (χ2v) is 9.92. The Kier molecular flexibility index (Phi) is 6.60. The topological polar surface area (TPSA) is 66.8 Å². The minimum Gasteiger partial charge on any atom is -0.506 e. The number of phenolic OH excluding ortho intramolecular Hbond substituents is 1. The lowest BCUT2D eigenvalue weighted by Gasteiger charge is -2.49. The zero-order chi connectivity index (χ0) is 21.7. The third kappa shape index (κ3) is 3.82. The molecule has 0 aromatic heterocycles. The lowest BCUT2D eigenvalue weighted by Crippen LogP contribution is -2.53. The van der Waals surface area contributed by atoms with E-state index in [1.807, 2.05) is 13.8 Å². The van der Waals surface area contributed by atoms with Gasteiger partial charge in [0.25, 0.3) is 0 Å². The summed E-state index contributed by atoms with van der Waals surface area (Å²) in [6, 6.07) is 0. The van der Waals surface area contributed by atoms with E-state index >= 15 is 0 Å². The minimum atomic E-state index is -1.15. The standard InChI is InChI=1S/C21H24Cl4O4/c1-4-5-6-7-9-15(23)18(26)12-10-8-11(20(27)28)14(22)17(25)13(10)21(2,3)29-19(12)16(9)24/h8,10,13-14,17,26H,4-7H2,1-3H3,(H,27,28). The summed E-state index contributed by atoms with van der Waals surface area (Å²) >= 11 is 26.1. The van der Waals surface area contributed by atoms with Crippen molar-refractivity contribution in [2.24, 2.45) is 5.92 Å². The van der Waals surface area contributed by atoms with Gasteiger partial charge in [-0.25, -0.2) is 4.79 Å². The van der Waals surface area contributed by atoms with Crippen molar-refractivity contribution in [3.05, 3.63) is 32.8 Å². The van der Waals surface area contributed by atoms with Crippen molar-refractivity contribution in [2.75, 3.05) is 0 Å². The van der Waals surface area contributed by atoms with Gasteiger partial charge in [0.2, 0.25) is 0 Å². The van der Waals surface area contributed by atoms with Crippen LogP contribution in [0.4, 0.5) is 0 Å². The number of allylic oxidation sites excluding steroid dienone is 1. The van der Waals surface area contributed by atoms with Crippen molar-refractivity contribution in [1.29, 1.82) is 0 Å². The number of carbonyl (C=O) groups is 1. The molecule has 1 aromatic rings. The molecule has 2 N–H and O–H groups in total. The van der Waals surface area contributed by atoms with Gasteiger partial charge in [-0.15, -0.1) is 23.2 Å². The van der Waals surface area contributed by atoms with Crippen LogP contribution in [0.15, 0.2) is 11.6 Å². The van der Waals surface area contributed by atoms with Gasteiger partial charge in [0.05, 0.1) is 26.4 Å². The van der Waals surface area contributed by atoms with E-state index in [0.29, 0.717) is 28.3 Å². The smallest absolute Gasteiger partial charge is 0.332 e. The molecule has 1 heterocycles. The zero-order valence-corrected chi connectivity index (χ0v) is 19.5. The molecule has 4 atom stereocenters. The van der Waals surface area contributed by atoms with Gasteiger partial charge in [0, 0.05) is 17.4 Å². The van der Waals surface area contributed by atoms with Crippen molar-refractivity contribution >= 4 is 52.4 Å². The van der Waals surface area contributed by atoms with Crippen LogP contribution in [0.1, 0.15) is 57.1 Å². The predicted molar refractivity (Wildman–Crippen MR) is 117 cm³/mol. The molecule has 160 valence electrons. The Morgan fingerprint density at radius 1 is 1.21 bits per heavy atom. The molecular formula is C21H24Cl4O4. The van der Waals surface area contributed by atoms with Crippen molar-refractivity contribution in [2.45, 2.75) is 68.7 Å². The van der Waals surface area contributed by atoms with Crippen LogP contribution >= 0.6 is 46.4 Å². The number of alkyl halides is 2. The summed E-state index contributed by atoms with van der Waals surface area (Å²) in [4.78, 5) is 11.7. The van der Waals surface area contributed by atoms with E-state index in [1.54, 1.807) is 6.08 Å². The van der Waals surface area contributed by atoms with Crippen LogP contribution in [0.25, 0.3) is 0 Å². The Balaban J connectivity index is 2.22. The number of fused-ring (bicyclic) bond motifs is 3. The third-order valence-corrected chi connectivity index (χ3v) is 7.85. The lowest BCUT2D eigenvalue weighted by atomic mass is 9.67. The molecule has 1 aromatic carbocycles. The average molecular weight is 482 g/mol. The SMILES string of the molecule is CCCCCc1c(Cl)c(O)c2c(c1Cl)OC(C)(C)C1C2C=C(C(=O)O)C(Cl)C1Cl. The van der Waals surface area contributed by atoms with Crippen LogP contribution in [0, 0.1) is 5.92 Å². The molecule has 4 unspecified atom stereocenters. The van der Waals surface area contributed by atoms with Gasteiger partial charge < -0.3 is 14.9 Å². The van der Waals surface area contributed by atoms with Crippen LogP contribution in [0.3, 0.4) is 0 Å². The molecule has 0 amide bonds. The largest absolute Gasteiger partial charge is 0.506 e. The number of ether oxygens (including phenoxy) is 1. The number of halogens is 4. The number of hydrogen-bond acceptors (Lipinski definition) is 3. The van der Waals surface area contributed by atoms with E-state index in [2.05, 4.69) is 6.92 Å². The van der Waals surface area contributed by atoms with E-state index in [-0.39, 0.29) is 22.3 Å². The quantitative estimate of drug-likeness (QED) is 0.370. The molecule has 1 aliphatic heterocycles. The number of rotatable bonds is 5. The number of aliphatic carboxylic acids is 1. The highest BCUT2D eigenvalue weighted by Gasteiger charge is 2.54. The maximum absolute atomic E-state index is 11.7. The van der Waals surface area contributed by atoms with Crippen molar-refractivity contribution < 1.29 is 19.7 Å². The van der Waals surface area contributed by atoms with Crippen LogP contribution in [-0.4, -0.2) is 32.5 Å². The number of benzene rings is 1. The Morgan fingerprint density at radius 3 is 2.45 bits per heavy atom. The first-order valence-electron chi connectivity index (χ1n) is 9.67. The average Bonchev–Trinajstić information content (AvgIpc) is 2.64. The summed E-state index contributed by atoms with van der Waals surface area (Å²) in [5, 5.41) is 19.5. The van der Waals surface area contributed by atoms with Gasteiger partial charge in [0.1, 0.15) is 17.1 Å². The first kappa shape index (κ1) is 22.9. The molecule has 0 spiro atoms. The first-order valence-corrected chi connectivity index (χ1v) is 11.3. The van der Waals surface area contributed by atoms with Crippen LogP contribution in [0.5, 0.6) is 11.5 Å². The number of aromatic hydroxyl groups is 1. The van der Waals surface area contributed by atoms with Crippen molar-refractivity contribution in [3.63, 3.8) is 0 Å². The highest BCUT2D eigenvalue weighted by Crippen LogP contribution is 2.59. The first-order chi connectivity index (χ1) is 13.5. The molecule has 0 saturated carbocycles. The normalized spacial score (nSPS) is 27.5. The molecule has 8 heteroatoms. The molecule has 0 fully saturated rings. The van der Waals surface area contributed by atoms with Gasteiger partial charge in [-0.2, -0.15) is 0 Å². The van der Waals surface area contributed by atoms with Gasteiger partial charge in [-0.1, -0.05) is 49.0 Å². The summed E-state index contributed by atoms with van der Waals surface area (Å²) in [5.41, 5.74) is 0.220. The van der Waals surface area contributed by atoms with Gasteiger partial charge >= 0.3 is 5.97 Å². The zero-order valence-electron chi connectivity index (χ0n) is 16.4.